The number of hydrogen-bond donors (Lipinski definition) is 4. The molecule has 1 aliphatic rings. The zero-order valence-electron chi connectivity index (χ0n) is 22.2. The summed E-state index contributed by atoms with van der Waals surface area (Å²) in [5.74, 6) is -3.41. The topological polar surface area (TPSA) is 183 Å². The molecular formula is C26H18F6N6O6. The second-order valence-corrected chi connectivity index (χ2v) is 8.20. The van der Waals surface area contributed by atoms with Crippen molar-refractivity contribution in [3.8, 4) is 51.5 Å². The Balaban J connectivity index is 0.000000317. The first-order chi connectivity index (χ1) is 20.6. The van der Waals surface area contributed by atoms with Crippen molar-refractivity contribution >= 4 is 23.4 Å². The number of ether oxygens (including phenoxy) is 2. The van der Waals surface area contributed by atoms with Crippen LogP contribution >= 0.6 is 0 Å². The van der Waals surface area contributed by atoms with Gasteiger partial charge in [0.1, 0.15) is 29.0 Å². The summed E-state index contributed by atoms with van der Waals surface area (Å²) in [7, 11) is 3.05. The van der Waals surface area contributed by atoms with E-state index in [9.17, 15) is 31.6 Å². The highest BCUT2D eigenvalue weighted by atomic mass is 19.4. The van der Waals surface area contributed by atoms with Crippen molar-refractivity contribution in [3.05, 3.63) is 54.5 Å². The van der Waals surface area contributed by atoms with Crippen molar-refractivity contribution in [2.24, 2.45) is 0 Å². The van der Waals surface area contributed by atoms with Crippen LogP contribution in [-0.4, -0.2) is 68.7 Å². The van der Waals surface area contributed by atoms with Gasteiger partial charge < -0.3 is 30.0 Å². The molecule has 3 aromatic heterocycles. The summed E-state index contributed by atoms with van der Waals surface area (Å²) >= 11 is 0. The van der Waals surface area contributed by atoms with Crippen LogP contribution in [0.4, 0.5) is 37.8 Å². The molecule has 1 aliphatic heterocycles. The lowest BCUT2D eigenvalue weighted by atomic mass is 10.1. The molecule has 0 fully saturated rings. The number of nitrogens with one attached hydrogen (secondary N) is 2. The van der Waals surface area contributed by atoms with Gasteiger partial charge in [0.05, 0.1) is 31.8 Å². The number of alkyl halides is 6. The van der Waals surface area contributed by atoms with Crippen LogP contribution in [-0.2, 0) is 9.59 Å². The number of rotatable bonds is 3. The molecule has 0 spiro atoms. The summed E-state index contributed by atoms with van der Waals surface area (Å²) in [4.78, 5) is 34.7. The number of pyridine rings is 2. The molecule has 0 aliphatic carbocycles. The second kappa shape index (κ2) is 13.0. The van der Waals surface area contributed by atoms with Crippen LogP contribution in [0.2, 0.25) is 0 Å². The molecule has 0 saturated carbocycles. The van der Waals surface area contributed by atoms with Crippen LogP contribution in [0.5, 0.6) is 11.5 Å². The zero-order chi connectivity index (χ0) is 32.8. The number of carbonyl (C=O) groups is 2. The average molecular weight is 624 g/mol. The number of imidazole rings is 1. The monoisotopic (exact) mass is 624 g/mol. The highest BCUT2D eigenvalue weighted by Gasteiger charge is 2.39. The standard InChI is InChI=1S/C22H16N6O2.2C2HF3O2/c1-29-17-6-5-12(15(10-23)20(17)30-2)22-27-18-13-7-9-24-11-16(13)26-21-14(19(18)28-22)4-3-8-25-21;2*3-2(4,5)1(6)7/h3-9,11H,1-2H3,(H,25,26)(H,27,28);2*(H,6,7). The third kappa shape index (κ3) is 7.13. The number of fused-ring (bicyclic) bond motifs is 5. The van der Waals surface area contributed by atoms with Crippen LogP contribution in [0.3, 0.4) is 0 Å². The summed E-state index contributed by atoms with van der Waals surface area (Å²) in [6.07, 6.45) is -4.96. The van der Waals surface area contributed by atoms with E-state index >= 15 is 0 Å². The van der Waals surface area contributed by atoms with Crippen molar-refractivity contribution in [3.63, 3.8) is 0 Å². The molecule has 4 heterocycles. The number of aliphatic carboxylic acids is 2. The van der Waals surface area contributed by atoms with E-state index in [0.29, 0.717) is 34.3 Å². The van der Waals surface area contributed by atoms with Gasteiger partial charge in [-0.1, -0.05) is 0 Å². The molecule has 4 N–H and O–H groups in total. The predicted octanol–water partition coefficient (Wildman–Crippen LogP) is 5.41. The molecule has 5 rings (SSSR count). The van der Waals surface area contributed by atoms with E-state index in [1.807, 2.05) is 18.2 Å². The van der Waals surface area contributed by atoms with Crippen molar-refractivity contribution in [1.82, 2.24) is 19.9 Å². The first kappa shape index (κ1) is 32.7. The largest absolute Gasteiger partial charge is 0.493 e. The molecule has 0 amide bonds. The lowest BCUT2D eigenvalue weighted by Crippen LogP contribution is -2.21. The van der Waals surface area contributed by atoms with Gasteiger partial charge in [0.25, 0.3) is 0 Å². The molecule has 0 saturated heterocycles. The maximum atomic E-state index is 10.6. The van der Waals surface area contributed by atoms with Gasteiger partial charge in [-0.15, -0.1) is 0 Å². The molecule has 230 valence electrons. The minimum Gasteiger partial charge on any atom is -0.493 e. The average Bonchev–Trinajstić information content (AvgIpc) is 3.36. The Morgan fingerprint density at radius 2 is 1.55 bits per heavy atom. The normalized spacial score (nSPS) is 11.2. The minimum atomic E-state index is -5.08. The number of carboxylic acid groups (broad SMARTS) is 2. The SMILES string of the molecule is COc1ccc(-c2nc3c([nH]2)-c2ccncc2Nc2ncccc2-3)c(C#N)c1OC.O=C(O)C(F)(F)F.O=C(O)C(F)(F)F. The Hall–Kier alpha value is -5.86. The van der Waals surface area contributed by atoms with Gasteiger partial charge in [-0.2, -0.15) is 31.6 Å². The number of H-pyrrole nitrogens is 1. The van der Waals surface area contributed by atoms with Gasteiger partial charge in [-0.3, -0.25) is 4.98 Å². The van der Waals surface area contributed by atoms with E-state index in [4.69, 9.17) is 34.3 Å². The predicted molar refractivity (Wildman–Crippen MR) is 139 cm³/mol. The van der Waals surface area contributed by atoms with Gasteiger partial charge in [0.15, 0.2) is 11.5 Å². The number of aromatic amines is 1. The van der Waals surface area contributed by atoms with Gasteiger partial charge in [-0.25, -0.2) is 19.6 Å². The lowest BCUT2D eigenvalue weighted by Gasteiger charge is -2.11. The number of benzene rings is 1. The number of methoxy groups -OCH3 is 2. The Labute approximate surface area is 242 Å². The lowest BCUT2D eigenvalue weighted by molar-refractivity contribution is -0.193. The first-order valence-electron chi connectivity index (χ1n) is 11.7. The summed E-state index contributed by atoms with van der Waals surface area (Å²) in [6, 6.07) is 11.5. The van der Waals surface area contributed by atoms with E-state index in [0.717, 1.165) is 28.2 Å². The van der Waals surface area contributed by atoms with E-state index < -0.39 is 24.3 Å². The molecule has 44 heavy (non-hydrogen) atoms. The van der Waals surface area contributed by atoms with E-state index in [1.165, 1.54) is 14.2 Å². The van der Waals surface area contributed by atoms with Crippen molar-refractivity contribution in [2.75, 3.05) is 19.5 Å². The van der Waals surface area contributed by atoms with Crippen molar-refractivity contribution < 1.29 is 55.6 Å². The molecule has 4 aromatic rings. The number of hydrogen-bond acceptors (Lipinski definition) is 9. The second-order valence-electron chi connectivity index (χ2n) is 8.20. The highest BCUT2D eigenvalue weighted by Crippen LogP contribution is 2.44. The van der Waals surface area contributed by atoms with Crippen LogP contribution < -0.4 is 14.8 Å². The summed E-state index contributed by atoms with van der Waals surface area (Å²) in [5.41, 5.74) is 5.11. The Morgan fingerprint density at radius 1 is 0.909 bits per heavy atom. The highest BCUT2D eigenvalue weighted by molar-refractivity contribution is 5.95. The summed E-state index contributed by atoms with van der Waals surface area (Å²) < 4.78 is 74.2. The van der Waals surface area contributed by atoms with Crippen molar-refractivity contribution in [2.45, 2.75) is 12.4 Å². The molecule has 0 radical (unpaired) electrons. The number of nitrogens with zero attached hydrogens (tertiary/aromatic N) is 4. The summed E-state index contributed by atoms with van der Waals surface area (Å²) in [6.45, 7) is 0. The Bertz CT molecular complexity index is 1640. The fourth-order valence-electron chi connectivity index (χ4n) is 3.66. The number of halogens is 6. The van der Waals surface area contributed by atoms with Crippen LogP contribution in [0.25, 0.3) is 33.9 Å². The number of aromatic nitrogens is 4. The molecule has 0 atom stereocenters. The van der Waals surface area contributed by atoms with Gasteiger partial charge in [0.2, 0.25) is 0 Å². The third-order valence-corrected chi connectivity index (χ3v) is 5.51. The minimum absolute atomic E-state index is 0.347. The van der Waals surface area contributed by atoms with Gasteiger partial charge in [-0.05, 0) is 30.3 Å². The van der Waals surface area contributed by atoms with Gasteiger partial charge in [0, 0.05) is 29.1 Å². The van der Waals surface area contributed by atoms with Crippen LogP contribution in [0.15, 0.2) is 48.9 Å². The van der Waals surface area contributed by atoms with Gasteiger partial charge >= 0.3 is 24.3 Å². The maximum Gasteiger partial charge on any atom is 0.490 e. The fraction of sp³-hybridized carbons (Fsp3) is 0.154. The van der Waals surface area contributed by atoms with Crippen molar-refractivity contribution in [1.29, 1.82) is 5.26 Å². The maximum absolute atomic E-state index is 10.6. The molecule has 1 aromatic carbocycles. The Kier molecular flexibility index (Phi) is 9.63. The zero-order valence-corrected chi connectivity index (χ0v) is 22.2. The van der Waals surface area contributed by atoms with E-state index in [2.05, 4.69) is 26.3 Å². The van der Waals surface area contributed by atoms with E-state index in [1.54, 1.807) is 30.7 Å². The smallest absolute Gasteiger partial charge is 0.490 e. The number of anilines is 2. The Morgan fingerprint density at radius 3 is 2.09 bits per heavy atom. The van der Waals surface area contributed by atoms with E-state index in [-0.39, 0.29) is 0 Å². The quantitative estimate of drug-likeness (QED) is 0.188. The number of nitriles is 1. The molecule has 18 heteroatoms. The molecule has 12 nitrogen and oxygen atoms in total. The first-order valence-corrected chi connectivity index (χ1v) is 11.7. The fourth-order valence-corrected chi connectivity index (χ4v) is 3.66. The van der Waals surface area contributed by atoms with Crippen LogP contribution in [0.1, 0.15) is 5.56 Å². The third-order valence-electron chi connectivity index (χ3n) is 5.51. The molecule has 0 bridgehead atoms. The molecule has 0 unspecified atom stereocenters. The summed E-state index contributed by atoms with van der Waals surface area (Å²) in [5, 5.41) is 27.4. The molecular weight excluding hydrogens is 606 g/mol. The number of carboxylic acids is 2. The van der Waals surface area contributed by atoms with Crippen LogP contribution in [0, 0.1) is 11.3 Å².